The Morgan fingerprint density at radius 1 is 1.38 bits per heavy atom. The Hall–Kier alpha value is -1.00. The van der Waals surface area contributed by atoms with Gasteiger partial charge in [0.05, 0.1) is 19.8 Å². The molecule has 5 heteroatoms. The number of hydrogen-bond acceptors (Lipinski definition) is 4. The quantitative estimate of drug-likeness (QED) is 0.562. The molecule has 0 aliphatic rings. The number of hydrogen-bond donors (Lipinski definition) is 1. The minimum Gasteiger partial charge on any atom is -0.478 e. The molecule has 1 aromatic rings. The van der Waals surface area contributed by atoms with Crippen molar-refractivity contribution in [1.82, 2.24) is 4.98 Å². The lowest BCUT2D eigenvalue weighted by Gasteiger charge is -2.07. The Morgan fingerprint density at radius 3 is 3.00 bits per heavy atom. The molecule has 16 heavy (non-hydrogen) atoms. The first-order valence-corrected chi connectivity index (χ1v) is 5.87. The molecule has 0 aliphatic heterocycles. The monoisotopic (exact) mass is 244 g/mol. The number of ether oxygens (including phenoxy) is 2. The summed E-state index contributed by atoms with van der Waals surface area (Å²) in [5.74, 6) is 1.95. The van der Waals surface area contributed by atoms with E-state index in [4.69, 9.17) is 21.1 Å². The molecule has 1 rings (SSSR count). The van der Waals surface area contributed by atoms with Crippen LogP contribution >= 0.6 is 11.6 Å². The summed E-state index contributed by atoms with van der Waals surface area (Å²) in [6.07, 6.45) is 0. The van der Waals surface area contributed by atoms with Gasteiger partial charge >= 0.3 is 0 Å². The van der Waals surface area contributed by atoms with Crippen LogP contribution in [-0.4, -0.2) is 37.2 Å². The van der Waals surface area contributed by atoms with Crippen molar-refractivity contribution in [2.75, 3.05) is 37.6 Å². The molecule has 0 bridgehead atoms. The van der Waals surface area contributed by atoms with Crippen LogP contribution in [0.1, 0.15) is 6.92 Å². The topological polar surface area (TPSA) is 43.4 Å². The van der Waals surface area contributed by atoms with Gasteiger partial charge in [-0.2, -0.15) is 4.98 Å². The highest BCUT2D eigenvalue weighted by atomic mass is 35.5. The van der Waals surface area contributed by atoms with Crippen LogP contribution in [0.4, 0.5) is 5.82 Å². The van der Waals surface area contributed by atoms with Gasteiger partial charge in [0.15, 0.2) is 0 Å². The van der Waals surface area contributed by atoms with Crippen LogP contribution in [-0.2, 0) is 4.74 Å². The maximum atomic E-state index is 5.48. The Balaban J connectivity index is 2.27. The number of rotatable bonds is 8. The lowest BCUT2D eigenvalue weighted by molar-refractivity contribution is 0.160. The molecule has 0 aliphatic carbocycles. The highest BCUT2D eigenvalue weighted by Gasteiger charge is 1.96. The predicted octanol–water partition coefficient (Wildman–Crippen LogP) is 2.15. The van der Waals surface area contributed by atoms with Gasteiger partial charge in [-0.25, -0.2) is 0 Å². The minimum atomic E-state index is 0.526. The van der Waals surface area contributed by atoms with Gasteiger partial charge < -0.3 is 14.8 Å². The molecule has 0 radical (unpaired) electrons. The van der Waals surface area contributed by atoms with E-state index in [1.807, 2.05) is 25.1 Å². The van der Waals surface area contributed by atoms with Crippen molar-refractivity contribution >= 4 is 17.4 Å². The summed E-state index contributed by atoms with van der Waals surface area (Å²) >= 11 is 5.48. The highest BCUT2D eigenvalue weighted by Crippen LogP contribution is 2.10. The molecule has 1 aromatic heterocycles. The number of halogens is 1. The molecule has 0 saturated heterocycles. The van der Waals surface area contributed by atoms with E-state index in [1.165, 1.54) is 0 Å². The van der Waals surface area contributed by atoms with Gasteiger partial charge in [0.1, 0.15) is 5.82 Å². The van der Waals surface area contributed by atoms with Crippen LogP contribution in [0.2, 0.25) is 0 Å². The van der Waals surface area contributed by atoms with Crippen molar-refractivity contribution in [3.05, 3.63) is 18.2 Å². The zero-order chi connectivity index (χ0) is 11.6. The fraction of sp³-hybridized carbons (Fsp3) is 0.545. The van der Waals surface area contributed by atoms with Crippen molar-refractivity contribution in [3.63, 3.8) is 0 Å². The zero-order valence-corrected chi connectivity index (χ0v) is 10.2. The maximum absolute atomic E-state index is 5.48. The summed E-state index contributed by atoms with van der Waals surface area (Å²) in [4.78, 5) is 4.27. The van der Waals surface area contributed by atoms with Gasteiger partial charge in [-0.1, -0.05) is 6.07 Å². The van der Waals surface area contributed by atoms with Gasteiger partial charge in [-0.3, -0.25) is 0 Å². The molecule has 0 amide bonds. The molecule has 0 spiro atoms. The van der Waals surface area contributed by atoms with Crippen molar-refractivity contribution in [1.29, 1.82) is 0 Å². The standard InChI is InChI=1S/C11H17ClN2O2/c1-2-16-11-5-3-4-10(14-11)13-7-9-15-8-6-12/h3-5H,2,6-9H2,1H3,(H,13,14). The smallest absolute Gasteiger partial charge is 0.215 e. The van der Waals surface area contributed by atoms with Crippen LogP contribution in [0.15, 0.2) is 18.2 Å². The molecule has 4 nitrogen and oxygen atoms in total. The fourth-order valence-corrected chi connectivity index (χ4v) is 1.26. The second-order valence-electron chi connectivity index (χ2n) is 3.02. The lowest BCUT2D eigenvalue weighted by atomic mass is 10.4. The van der Waals surface area contributed by atoms with Crippen LogP contribution in [0.3, 0.4) is 0 Å². The predicted molar refractivity (Wildman–Crippen MR) is 65.4 cm³/mol. The van der Waals surface area contributed by atoms with Gasteiger partial charge in [0, 0.05) is 18.5 Å². The third-order valence-electron chi connectivity index (χ3n) is 1.79. The number of nitrogens with zero attached hydrogens (tertiary/aromatic N) is 1. The van der Waals surface area contributed by atoms with E-state index >= 15 is 0 Å². The van der Waals surface area contributed by atoms with Crippen LogP contribution < -0.4 is 10.1 Å². The molecule has 0 unspecified atom stereocenters. The first-order chi connectivity index (χ1) is 7.86. The van der Waals surface area contributed by atoms with Crippen molar-refractivity contribution < 1.29 is 9.47 Å². The molecule has 1 N–H and O–H groups in total. The molecule has 0 atom stereocenters. The second kappa shape index (κ2) is 8.19. The normalized spacial score (nSPS) is 10.1. The van der Waals surface area contributed by atoms with E-state index in [0.29, 0.717) is 38.1 Å². The summed E-state index contributed by atoms with van der Waals surface area (Å²) in [6.45, 7) is 4.46. The van der Waals surface area contributed by atoms with Crippen molar-refractivity contribution in [3.8, 4) is 5.88 Å². The summed E-state index contributed by atoms with van der Waals surface area (Å²) in [5.41, 5.74) is 0. The molecular formula is C11H17ClN2O2. The number of pyridine rings is 1. The molecule has 0 fully saturated rings. The van der Waals surface area contributed by atoms with E-state index in [1.54, 1.807) is 0 Å². The number of aromatic nitrogens is 1. The zero-order valence-electron chi connectivity index (χ0n) is 9.41. The van der Waals surface area contributed by atoms with Gasteiger partial charge in [0.25, 0.3) is 0 Å². The van der Waals surface area contributed by atoms with E-state index < -0.39 is 0 Å². The largest absolute Gasteiger partial charge is 0.478 e. The summed E-state index contributed by atoms with van der Waals surface area (Å²) in [5, 5.41) is 3.14. The first-order valence-electron chi connectivity index (χ1n) is 5.34. The Labute approximate surface area is 101 Å². The molecule has 0 saturated carbocycles. The Bertz CT molecular complexity index is 297. The molecule has 1 heterocycles. The molecule has 0 aromatic carbocycles. The van der Waals surface area contributed by atoms with Crippen LogP contribution in [0.25, 0.3) is 0 Å². The SMILES string of the molecule is CCOc1cccc(NCCOCCCl)n1. The van der Waals surface area contributed by atoms with Crippen LogP contribution in [0, 0.1) is 0 Å². The highest BCUT2D eigenvalue weighted by molar-refractivity contribution is 6.17. The van der Waals surface area contributed by atoms with E-state index in [9.17, 15) is 0 Å². The van der Waals surface area contributed by atoms with E-state index in [-0.39, 0.29) is 0 Å². The summed E-state index contributed by atoms with van der Waals surface area (Å²) < 4.78 is 10.5. The first kappa shape index (κ1) is 13.1. The minimum absolute atomic E-state index is 0.526. The van der Waals surface area contributed by atoms with E-state index in [0.717, 1.165) is 5.82 Å². The fourth-order valence-electron chi connectivity index (χ4n) is 1.15. The van der Waals surface area contributed by atoms with Crippen LogP contribution in [0.5, 0.6) is 5.88 Å². The molecular weight excluding hydrogens is 228 g/mol. The van der Waals surface area contributed by atoms with Gasteiger partial charge in [-0.15, -0.1) is 11.6 Å². The lowest BCUT2D eigenvalue weighted by Crippen LogP contribution is -2.11. The Kier molecular flexibility index (Phi) is 6.69. The number of alkyl halides is 1. The average Bonchev–Trinajstić information content (AvgIpc) is 2.30. The average molecular weight is 245 g/mol. The van der Waals surface area contributed by atoms with E-state index in [2.05, 4.69) is 10.3 Å². The number of nitrogens with one attached hydrogen (secondary N) is 1. The number of anilines is 1. The third-order valence-corrected chi connectivity index (χ3v) is 1.94. The molecule has 90 valence electrons. The summed E-state index contributed by atoms with van der Waals surface area (Å²) in [6, 6.07) is 5.63. The van der Waals surface area contributed by atoms with Crippen molar-refractivity contribution in [2.24, 2.45) is 0 Å². The Morgan fingerprint density at radius 2 is 2.25 bits per heavy atom. The van der Waals surface area contributed by atoms with Gasteiger partial charge in [-0.05, 0) is 13.0 Å². The summed E-state index contributed by atoms with van der Waals surface area (Å²) in [7, 11) is 0. The third kappa shape index (κ3) is 5.19. The van der Waals surface area contributed by atoms with Gasteiger partial charge in [0.2, 0.25) is 5.88 Å². The second-order valence-corrected chi connectivity index (χ2v) is 3.40. The van der Waals surface area contributed by atoms with Crippen molar-refractivity contribution in [2.45, 2.75) is 6.92 Å². The maximum Gasteiger partial charge on any atom is 0.215 e.